The van der Waals surface area contributed by atoms with Gasteiger partial charge in [0.1, 0.15) is 9.84 Å². The molecule has 0 spiro atoms. The van der Waals surface area contributed by atoms with Gasteiger partial charge >= 0.3 is 0 Å². The van der Waals surface area contributed by atoms with E-state index in [0.29, 0.717) is 23.6 Å². The Morgan fingerprint density at radius 3 is 2.53 bits per heavy atom. The molecule has 0 radical (unpaired) electrons. The summed E-state index contributed by atoms with van der Waals surface area (Å²) in [7, 11) is -2.72. The molecule has 4 nitrogen and oxygen atoms in total. The van der Waals surface area contributed by atoms with Crippen molar-refractivity contribution in [3.8, 4) is 0 Å². The molecule has 0 aliphatic carbocycles. The van der Waals surface area contributed by atoms with E-state index in [1.807, 2.05) is 0 Å². The summed E-state index contributed by atoms with van der Waals surface area (Å²) in [6.07, 6.45) is 5.52. The molecule has 0 saturated carbocycles. The van der Waals surface area contributed by atoms with Crippen LogP contribution in [0.4, 0.5) is 0 Å². The van der Waals surface area contributed by atoms with Crippen molar-refractivity contribution in [1.29, 1.82) is 0 Å². The molecule has 1 N–H and O–H groups in total. The highest BCUT2D eigenvalue weighted by molar-refractivity contribution is 7.91. The minimum absolute atomic E-state index is 0.381. The predicted octanol–water partition coefficient (Wildman–Crippen LogP) is 0.390. The zero-order valence-corrected chi connectivity index (χ0v) is 11.1. The Morgan fingerprint density at radius 2 is 1.76 bits per heavy atom. The maximum atomic E-state index is 11.4. The average molecular weight is 258 g/mol. The van der Waals surface area contributed by atoms with Crippen LogP contribution in [0.3, 0.4) is 0 Å². The standard InChI is InChI=1S/C12H22N2O2S/c15-17(16)8-4-10(5-9-17)13-11-3-7-14-6-1-2-12(11)14/h10-13H,1-9H2. The van der Waals surface area contributed by atoms with E-state index < -0.39 is 9.84 Å². The van der Waals surface area contributed by atoms with Crippen LogP contribution in [0.2, 0.25) is 0 Å². The van der Waals surface area contributed by atoms with E-state index in [4.69, 9.17) is 0 Å². The lowest BCUT2D eigenvalue weighted by atomic mass is 10.0. The lowest BCUT2D eigenvalue weighted by Gasteiger charge is -2.29. The monoisotopic (exact) mass is 258 g/mol. The van der Waals surface area contributed by atoms with Crippen molar-refractivity contribution >= 4 is 9.84 Å². The van der Waals surface area contributed by atoms with Crippen LogP contribution in [-0.2, 0) is 9.84 Å². The van der Waals surface area contributed by atoms with Gasteiger partial charge in [0.25, 0.3) is 0 Å². The topological polar surface area (TPSA) is 49.4 Å². The maximum absolute atomic E-state index is 11.4. The van der Waals surface area contributed by atoms with E-state index in [-0.39, 0.29) is 0 Å². The van der Waals surface area contributed by atoms with Crippen molar-refractivity contribution in [2.45, 2.75) is 50.2 Å². The molecular weight excluding hydrogens is 236 g/mol. The smallest absolute Gasteiger partial charge is 0.150 e. The van der Waals surface area contributed by atoms with Crippen LogP contribution in [0.1, 0.15) is 32.1 Å². The lowest BCUT2D eigenvalue weighted by Crippen LogP contribution is -2.47. The molecule has 3 aliphatic heterocycles. The van der Waals surface area contributed by atoms with E-state index >= 15 is 0 Å². The number of rotatable bonds is 2. The lowest BCUT2D eigenvalue weighted by molar-refractivity contribution is 0.284. The van der Waals surface area contributed by atoms with Crippen LogP contribution in [0.5, 0.6) is 0 Å². The van der Waals surface area contributed by atoms with Crippen LogP contribution in [0.25, 0.3) is 0 Å². The molecule has 0 bridgehead atoms. The second kappa shape index (κ2) is 4.52. The quantitative estimate of drug-likeness (QED) is 0.778. The molecule has 0 aromatic rings. The summed E-state index contributed by atoms with van der Waals surface area (Å²) in [5, 5.41) is 3.72. The minimum atomic E-state index is -2.72. The van der Waals surface area contributed by atoms with Gasteiger partial charge in [-0.2, -0.15) is 0 Å². The molecule has 98 valence electrons. The van der Waals surface area contributed by atoms with Crippen LogP contribution in [0.15, 0.2) is 0 Å². The van der Waals surface area contributed by atoms with Gasteiger partial charge in [-0.3, -0.25) is 4.90 Å². The van der Waals surface area contributed by atoms with Crippen LogP contribution in [-0.4, -0.2) is 56.0 Å². The Balaban J connectivity index is 1.54. The molecule has 3 fully saturated rings. The molecule has 0 aromatic heterocycles. The summed E-state index contributed by atoms with van der Waals surface area (Å²) < 4.78 is 22.8. The molecule has 0 aromatic carbocycles. The Kier molecular flexibility index (Phi) is 3.17. The van der Waals surface area contributed by atoms with Gasteiger partial charge in [-0.15, -0.1) is 0 Å². The highest BCUT2D eigenvalue weighted by atomic mass is 32.2. The van der Waals surface area contributed by atoms with Gasteiger partial charge in [0.2, 0.25) is 0 Å². The number of nitrogens with one attached hydrogen (secondary N) is 1. The molecule has 2 atom stereocenters. The fraction of sp³-hybridized carbons (Fsp3) is 1.00. The van der Waals surface area contributed by atoms with Gasteiger partial charge < -0.3 is 5.32 Å². The summed E-state index contributed by atoms with van der Waals surface area (Å²) in [5.74, 6) is 0.761. The zero-order valence-electron chi connectivity index (χ0n) is 10.3. The predicted molar refractivity (Wildman–Crippen MR) is 67.8 cm³/mol. The zero-order chi connectivity index (χ0) is 11.9. The van der Waals surface area contributed by atoms with E-state index in [0.717, 1.165) is 18.9 Å². The third-order valence-corrected chi connectivity index (χ3v) is 6.33. The Labute approximate surface area is 104 Å². The molecule has 0 amide bonds. The van der Waals surface area contributed by atoms with Gasteiger partial charge in [-0.25, -0.2) is 8.42 Å². The molecule has 2 unspecified atom stereocenters. The largest absolute Gasteiger partial charge is 0.310 e. The van der Waals surface area contributed by atoms with Crippen molar-refractivity contribution in [3.05, 3.63) is 0 Å². The van der Waals surface area contributed by atoms with E-state index in [1.165, 1.54) is 32.4 Å². The Morgan fingerprint density at radius 1 is 1.00 bits per heavy atom. The second-order valence-corrected chi connectivity index (χ2v) is 8.04. The normalized spacial score (nSPS) is 38.4. The summed E-state index contributed by atoms with van der Waals surface area (Å²) in [6.45, 7) is 2.50. The molecule has 3 heterocycles. The first-order valence-corrected chi connectivity index (χ1v) is 8.67. The summed E-state index contributed by atoms with van der Waals surface area (Å²) >= 11 is 0. The highest BCUT2D eigenvalue weighted by Gasteiger charge is 2.38. The number of hydrogen-bond acceptors (Lipinski definition) is 4. The third kappa shape index (κ3) is 2.51. The number of hydrogen-bond donors (Lipinski definition) is 1. The third-order valence-electron chi connectivity index (χ3n) is 4.61. The van der Waals surface area contributed by atoms with Crippen LogP contribution in [0, 0.1) is 0 Å². The summed E-state index contributed by atoms with van der Waals surface area (Å²) in [5.41, 5.74) is 0. The average Bonchev–Trinajstić information content (AvgIpc) is 2.85. The maximum Gasteiger partial charge on any atom is 0.150 e. The fourth-order valence-corrected chi connectivity index (χ4v) is 5.13. The molecule has 3 aliphatic rings. The second-order valence-electron chi connectivity index (χ2n) is 5.73. The first kappa shape index (κ1) is 11.9. The molecular formula is C12H22N2O2S. The first-order valence-electron chi connectivity index (χ1n) is 6.85. The van der Waals surface area contributed by atoms with Crippen molar-refractivity contribution in [1.82, 2.24) is 10.2 Å². The number of sulfone groups is 1. The Bertz CT molecular complexity index is 368. The highest BCUT2D eigenvalue weighted by Crippen LogP contribution is 2.29. The van der Waals surface area contributed by atoms with Gasteiger partial charge in [0.15, 0.2) is 0 Å². The summed E-state index contributed by atoms with van der Waals surface area (Å²) in [4.78, 5) is 2.59. The van der Waals surface area contributed by atoms with E-state index in [9.17, 15) is 8.42 Å². The van der Waals surface area contributed by atoms with Gasteiger partial charge in [0.05, 0.1) is 11.5 Å². The molecule has 3 saturated heterocycles. The minimum Gasteiger partial charge on any atom is -0.310 e. The molecule has 5 heteroatoms. The van der Waals surface area contributed by atoms with Crippen LogP contribution < -0.4 is 5.32 Å². The Hall–Kier alpha value is -0.130. The first-order chi connectivity index (χ1) is 8.14. The van der Waals surface area contributed by atoms with E-state index in [2.05, 4.69) is 10.2 Å². The molecule has 17 heavy (non-hydrogen) atoms. The van der Waals surface area contributed by atoms with Gasteiger partial charge in [-0.1, -0.05) is 0 Å². The number of fused-ring (bicyclic) bond motifs is 1. The summed E-state index contributed by atoms with van der Waals surface area (Å²) in [6, 6.07) is 1.78. The number of nitrogens with zero attached hydrogens (tertiary/aromatic N) is 1. The fourth-order valence-electron chi connectivity index (χ4n) is 3.64. The van der Waals surface area contributed by atoms with E-state index in [1.54, 1.807) is 0 Å². The van der Waals surface area contributed by atoms with Gasteiger partial charge in [-0.05, 0) is 38.6 Å². The SMILES string of the molecule is O=S1(=O)CCC(NC2CCN3CCCC23)CC1. The van der Waals surface area contributed by atoms with Crippen molar-refractivity contribution in [2.75, 3.05) is 24.6 Å². The van der Waals surface area contributed by atoms with Crippen molar-refractivity contribution in [2.24, 2.45) is 0 Å². The van der Waals surface area contributed by atoms with Crippen LogP contribution >= 0.6 is 0 Å². The van der Waals surface area contributed by atoms with Crippen molar-refractivity contribution < 1.29 is 8.42 Å². The van der Waals surface area contributed by atoms with Gasteiger partial charge in [0, 0.05) is 24.7 Å². The van der Waals surface area contributed by atoms with Crippen molar-refractivity contribution in [3.63, 3.8) is 0 Å². The molecule has 3 rings (SSSR count).